The lowest BCUT2D eigenvalue weighted by molar-refractivity contribution is -0.145. The molecule has 78 heavy (non-hydrogen) atoms. The number of nitrogens with zero attached hydrogens (tertiary/aromatic N) is 8. The SMILES string of the molecule is CCc1nc(C)oc1C(=O)Nc1nc2cc(C(N)=O)cnc2n1C/C=C/Cn1c(NC(=O)c2oc(C)nc2CC)nc2cc(C(N)=O)cc(OCCCOC(=O)CCC(=O)[C@@H](CCC(=O)O)NC(=O)CN3C(=O)C=CC3=O)c21. The predicted octanol–water partition coefficient (Wildman–Crippen LogP) is 2.39. The van der Waals surface area contributed by atoms with E-state index in [0.717, 1.165) is 12.2 Å². The first-order chi connectivity index (χ1) is 37.2. The van der Waals surface area contributed by atoms with E-state index in [1.165, 1.54) is 24.4 Å². The van der Waals surface area contributed by atoms with Crippen LogP contribution in [0.4, 0.5) is 11.9 Å². The first-order valence-corrected chi connectivity index (χ1v) is 24.3. The standard InChI is InChI=1S/C50H53N13O15/c1-5-29-42(77-25(3)54-29)47(73)59-49-57-32-20-27(44(51)71)22-35(75-18-9-19-76-40(70)15-11-34(64)31(10-14-39(68)69)56-36(65)24-63-37(66)12-13-38(63)67)41(32)61(49)16-7-8-17-62-46-33(21-28(23-53-46)45(52)72)58-50(62)60-48(74)43-30(6-2)55-26(4)78-43/h7-8,12-13,20-23,31H,5-6,9-11,14-19,24H2,1-4H3,(H2,51,71)(H2,52,72)(H,56,65)(H,68,69)(H,57,59,73)(H,58,60,74)/b8-7+/t31-/m1/s1. The third-order valence-electron chi connectivity index (χ3n) is 11.8. The normalized spacial score (nSPS) is 12.6. The number of aryl methyl sites for hydroxylation is 4. The monoisotopic (exact) mass is 1080 g/mol. The number of amides is 7. The Kier molecular flexibility index (Phi) is 17.6. The third kappa shape index (κ3) is 13.3. The number of benzene rings is 1. The van der Waals surface area contributed by atoms with Crippen molar-refractivity contribution >= 4 is 93.2 Å². The second-order valence-corrected chi connectivity index (χ2v) is 17.4. The predicted molar refractivity (Wildman–Crippen MR) is 271 cm³/mol. The fraction of sp³-hybridized carbons (Fsp3) is 0.340. The average Bonchev–Trinajstić information content (AvgIpc) is 4.26. The number of nitrogens with two attached hydrogens (primary N) is 2. The minimum atomic E-state index is -1.34. The number of ketones is 1. The number of fused-ring (bicyclic) bond motifs is 2. The number of ether oxygens (including phenoxy) is 2. The van der Waals surface area contributed by atoms with Crippen LogP contribution in [0.15, 0.2) is 57.5 Å². The van der Waals surface area contributed by atoms with Crippen molar-refractivity contribution in [3.8, 4) is 5.75 Å². The molecule has 408 valence electrons. The summed E-state index contributed by atoms with van der Waals surface area (Å²) in [7, 11) is 0. The molecule has 6 heterocycles. The molecule has 1 aliphatic heterocycles. The van der Waals surface area contributed by atoms with Crippen molar-refractivity contribution in [2.45, 2.75) is 91.8 Å². The summed E-state index contributed by atoms with van der Waals surface area (Å²) in [5.74, 6) is -7.37. The van der Waals surface area contributed by atoms with Gasteiger partial charge in [0.15, 0.2) is 23.2 Å². The molecule has 0 bridgehead atoms. The van der Waals surface area contributed by atoms with E-state index in [1.54, 1.807) is 42.1 Å². The van der Waals surface area contributed by atoms with Crippen LogP contribution in [0.1, 0.15) is 111 Å². The van der Waals surface area contributed by atoms with E-state index in [2.05, 4.69) is 40.9 Å². The van der Waals surface area contributed by atoms with Crippen LogP contribution in [0.5, 0.6) is 5.75 Å². The van der Waals surface area contributed by atoms with Gasteiger partial charge in [-0.2, -0.15) is 0 Å². The molecular formula is C50H53N13O15. The molecule has 1 atom stereocenters. The van der Waals surface area contributed by atoms with Gasteiger partial charge in [0.25, 0.3) is 23.6 Å². The Morgan fingerprint density at radius 2 is 1.32 bits per heavy atom. The van der Waals surface area contributed by atoms with Gasteiger partial charge in [-0.3, -0.25) is 68.0 Å². The lowest BCUT2D eigenvalue weighted by atomic mass is 10.0. The van der Waals surface area contributed by atoms with Crippen molar-refractivity contribution in [3.63, 3.8) is 0 Å². The highest BCUT2D eigenvalue weighted by atomic mass is 16.5. The number of primary amides is 2. The number of pyridine rings is 1. The summed E-state index contributed by atoms with van der Waals surface area (Å²) in [6.45, 7) is 5.80. The number of anilines is 2. The number of carboxylic acid groups (broad SMARTS) is 1. The number of Topliss-reactive ketones (excluding diaryl/α,β-unsaturated/α-hetero) is 1. The molecule has 5 aromatic heterocycles. The maximum atomic E-state index is 13.8. The first-order valence-electron chi connectivity index (χ1n) is 24.3. The zero-order valence-corrected chi connectivity index (χ0v) is 42.6. The first kappa shape index (κ1) is 55.9. The number of carbonyl (C=O) groups is 10. The molecule has 0 spiro atoms. The lowest BCUT2D eigenvalue weighted by Crippen LogP contribution is -2.47. The van der Waals surface area contributed by atoms with Crippen LogP contribution in [0.3, 0.4) is 0 Å². The van der Waals surface area contributed by atoms with Crippen molar-refractivity contribution in [1.29, 1.82) is 0 Å². The van der Waals surface area contributed by atoms with Crippen LogP contribution in [0, 0.1) is 13.8 Å². The van der Waals surface area contributed by atoms with Gasteiger partial charge in [0.05, 0.1) is 48.1 Å². The van der Waals surface area contributed by atoms with E-state index in [9.17, 15) is 53.1 Å². The van der Waals surface area contributed by atoms with Gasteiger partial charge in [-0.05, 0) is 37.5 Å². The van der Waals surface area contributed by atoms with Gasteiger partial charge in [-0.1, -0.05) is 26.0 Å². The number of carbonyl (C=O) groups excluding carboxylic acids is 9. The maximum absolute atomic E-state index is 13.8. The topological polar surface area (TPSA) is 401 Å². The third-order valence-corrected chi connectivity index (χ3v) is 11.8. The van der Waals surface area contributed by atoms with Gasteiger partial charge >= 0.3 is 11.9 Å². The Labute approximate surface area is 441 Å². The summed E-state index contributed by atoms with van der Waals surface area (Å²) in [5.41, 5.74) is 13.1. The highest BCUT2D eigenvalue weighted by molar-refractivity contribution is 6.14. The van der Waals surface area contributed by atoms with E-state index in [4.69, 9.17) is 29.8 Å². The number of aromatic nitrogens is 7. The average molecular weight is 1080 g/mol. The Morgan fingerprint density at radius 3 is 1.91 bits per heavy atom. The fourth-order valence-corrected chi connectivity index (χ4v) is 8.07. The summed E-state index contributed by atoms with van der Waals surface area (Å²) in [5, 5.41) is 17.1. The van der Waals surface area contributed by atoms with Crippen LogP contribution in [0.25, 0.3) is 22.2 Å². The molecule has 7 rings (SSSR count). The molecule has 0 saturated heterocycles. The highest BCUT2D eigenvalue weighted by Gasteiger charge is 2.30. The zero-order valence-electron chi connectivity index (χ0n) is 42.6. The number of esters is 1. The van der Waals surface area contributed by atoms with Crippen molar-refractivity contribution < 1.29 is 71.4 Å². The molecule has 0 radical (unpaired) electrons. The van der Waals surface area contributed by atoms with Crippen molar-refractivity contribution in [2.24, 2.45) is 11.5 Å². The summed E-state index contributed by atoms with van der Waals surface area (Å²) in [6.07, 6.45) is 5.78. The molecule has 0 unspecified atom stereocenters. The molecule has 0 fully saturated rings. The van der Waals surface area contributed by atoms with Gasteiger partial charge in [-0.25, -0.2) is 24.9 Å². The molecule has 8 N–H and O–H groups in total. The van der Waals surface area contributed by atoms with E-state index in [1.807, 2.05) is 6.92 Å². The molecule has 0 aliphatic carbocycles. The van der Waals surface area contributed by atoms with Crippen LogP contribution in [0.2, 0.25) is 0 Å². The molecule has 1 aliphatic rings. The maximum Gasteiger partial charge on any atom is 0.306 e. The van der Waals surface area contributed by atoms with Crippen molar-refractivity contribution in [3.05, 3.63) is 94.5 Å². The Morgan fingerprint density at radius 1 is 0.744 bits per heavy atom. The number of hydrogen-bond acceptors (Lipinski definition) is 19. The lowest BCUT2D eigenvalue weighted by Gasteiger charge is -2.19. The molecule has 1 aromatic carbocycles. The smallest absolute Gasteiger partial charge is 0.306 e. The Hall–Kier alpha value is -9.89. The number of aliphatic carboxylic acids is 1. The quantitative estimate of drug-likeness (QED) is 0.0187. The number of imide groups is 1. The van der Waals surface area contributed by atoms with Gasteiger partial charge in [0.1, 0.15) is 23.3 Å². The largest absolute Gasteiger partial charge is 0.491 e. The Balaban J connectivity index is 1.08. The van der Waals surface area contributed by atoms with Crippen molar-refractivity contribution in [2.75, 3.05) is 30.4 Å². The van der Waals surface area contributed by atoms with Crippen LogP contribution in [-0.2, 0) is 59.4 Å². The summed E-state index contributed by atoms with van der Waals surface area (Å²) in [4.78, 5) is 148. The molecule has 28 heteroatoms. The summed E-state index contributed by atoms with van der Waals surface area (Å²) in [6, 6.07) is 2.87. The van der Waals surface area contributed by atoms with E-state index in [-0.39, 0.29) is 108 Å². The molecule has 7 amide bonds. The summed E-state index contributed by atoms with van der Waals surface area (Å²) >= 11 is 0. The van der Waals surface area contributed by atoms with Crippen LogP contribution >= 0.6 is 0 Å². The zero-order chi connectivity index (χ0) is 56.4. The molecular weight excluding hydrogens is 1020 g/mol. The second-order valence-electron chi connectivity index (χ2n) is 17.4. The van der Waals surface area contributed by atoms with Gasteiger partial charge in [0.2, 0.25) is 41.1 Å². The summed E-state index contributed by atoms with van der Waals surface area (Å²) < 4.78 is 25.9. The van der Waals surface area contributed by atoms with Crippen LogP contribution < -0.4 is 32.2 Å². The number of imidazole rings is 2. The highest BCUT2D eigenvalue weighted by Crippen LogP contribution is 2.32. The van der Waals surface area contributed by atoms with E-state index < -0.39 is 90.9 Å². The number of carboxylic acids is 1. The fourth-order valence-electron chi connectivity index (χ4n) is 8.07. The molecule has 6 aromatic rings. The van der Waals surface area contributed by atoms with Crippen molar-refractivity contribution in [1.82, 2.24) is 44.3 Å². The van der Waals surface area contributed by atoms with Gasteiger partial charge < -0.3 is 44.8 Å². The van der Waals surface area contributed by atoms with Gasteiger partial charge in [0, 0.05) is 70.1 Å². The second kappa shape index (κ2) is 24.6. The Bertz CT molecular complexity index is 3440. The number of oxazole rings is 2. The number of hydrogen-bond donors (Lipinski definition) is 6. The minimum Gasteiger partial charge on any atom is -0.491 e. The minimum absolute atomic E-state index is 0.00113. The number of nitrogens with one attached hydrogen (secondary N) is 3. The molecule has 28 nitrogen and oxygen atoms in total. The number of rotatable bonds is 27. The van der Waals surface area contributed by atoms with E-state index >= 15 is 0 Å². The van der Waals surface area contributed by atoms with Gasteiger partial charge in [-0.15, -0.1) is 0 Å². The number of allylic oxidation sites excluding steroid dienone is 2. The molecule has 0 saturated carbocycles. The van der Waals surface area contributed by atoms with Crippen LogP contribution in [-0.4, -0.2) is 129 Å². The van der Waals surface area contributed by atoms with E-state index in [0.29, 0.717) is 35.0 Å².